The van der Waals surface area contributed by atoms with Gasteiger partial charge in [0.2, 0.25) is 5.91 Å². The predicted octanol–water partition coefficient (Wildman–Crippen LogP) is 1.39. The highest BCUT2D eigenvalue weighted by Crippen LogP contribution is 2.25. The molecule has 2 rings (SSSR count). The lowest BCUT2D eigenvalue weighted by molar-refractivity contribution is -0.385. The van der Waals surface area contributed by atoms with Crippen LogP contribution in [0.5, 0.6) is 5.75 Å². The molecule has 1 aliphatic heterocycles. The van der Waals surface area contributed by atoms with Gasteiger partial charge in [0, 0.05) is 26.2 Å². The average Bonchev–Trinajstić information content (AvgIpc) is 2.67. The maximum Gasteiger partial charge on any atom is 0.306 e. The largest absolute Gasteiger partial charge is 0.494 e. The lowest BCUT2D eigenvalue weighted by Gasteiger charge is -2.31. The monoisotopic (exact) mass is 393 g/mol. The highest BCUT2D eigenvalue weighted by atomic mass is 16.6. The number of ether oxygens (including phenoxy) is 1. The lowest BCUT2D eigenvalue weighted by Crippen LogP contribution is -2.45. The Morgan fingerprint density at radius 3 is 2.50 bits per heavy atom. The summed E-state index contributed by atoms with van der Waals surface area (Å²) in [6.07, 6.45) is 0.723. The molecule has 10 nitrogen and oxygen atoms in total. The van der Waals surface area contributed by atoms with E-state index in [4.69, 9.17) is 9.84 Å². The van der Waals surface area contributed by atoms with Crippen molar-refractivity contribution in [2.24, 2.45) is 5.92 Å². The van der Waals surface area contributed by atoms with Gasteiger partial charge in [-0.1, -0.05) is 0 Å². The Bertz CT molecular complexity index is 772. The standard InChI is InChI=1S/C18H23N3O7/c1-3-28-13-4-5-15(21(26)27)14(10-13)17(23)19(2)11-16(22)20-8-6-12(7-9-20)18(24)25/h4-5,10,12H,3,6-9,11H2,1-2H3,(H,24,25). The number of aliphatic carboxylic acids is 1. The number of nitro groups is 1. The molecule has 0 bridgehead atoms. The zero-order valence-corrected chi connectivity index (χ0v) is 15.8. The molecule has 0 saturated carbocycles. The molecule has 152 valence electrons. The van der Waals surface area contributed by atoms with Crippen LogP contribution in [0.25, 0.3) is 0 Å². The Morgan fingerprint density at radius 2 is 1.96 bits per heavy atom. The van der Waals surface area contributed by atoms with Gasteiger partial charge in [0.25, 0.3) is 11.6 Å². The summed E-state index contributed by atoms with van der Waals surface area (Å²) in [6.45, 7) is 2.44. The number of likely N-dealkylation sites (N-methyl/N-ethyl adjacent to an activating group) is 1. The van der Waals surface area contributed by atoms with Gasteiger partial charge in [-0.05, 0) is 31.9 Å². The number of benzene rings is 1. The first kappa shape index (κ1) is 21.1. The zero-order chi connectivity index (χ0) is 20.8. The van der Waals surface area contributed by atoms with E-state index in [0.717, 1.165) is 4.90 Å². The molecule has 1 aliphatic rings. The predicted molar refractivity (Wildman–Crippen MR) is 98.2 cm³/mol. The van der Waals surface area contributed by atoms with Gasteiger partial charge in [-0.25, -0.2) is 0 Å². The Morgan fingerprint density at radius 1 is 1.32 bits per heavy atom. The maximum atomic E-state index is 12.7. The number of likely N-dealkylation sites (tertiary alicyclic amines) is 1. The van der Waals surface area contributed by atoms with Crippen LogP contribution in [0.2, 0.25) is 0 Å². The molecule has 0 aromatic heterocycles. The third-order valence-corrected chi connectivity index (χ3v) is 4.62. The van der Waals surface area contributed by atoms with Crippen LogP contribution >= 0.6 is 0 Å². The Labute approximate surface area is 161 Å². The third-order valence-electron chi connectivity index (χ3n) is 4.62. The molecule has 0 spiro atoms. The summed E-state index contributed by atoms with van der Waals surface area (Å²) in [6, 6.07) is 3.91. The smallest absolute Gasteiger partial charge is 0.306 e. The van der Waals surface area contributed by atoms with Crippen LogP contribution < -0.4 is 4.74 Å². The van der Waals surface area contributed by atoms with Gasteiger partial charge < -0.3 is 19.6 Å². The third kappa shape index (κ3) is 4.96. The summed E-state index contributed by atoms with van der Waals surface area (Å²) in [5, 5.41) is 20.3. The van der Waals surface area contributed by atoms with Crippen LogP contribution in [-0.4, -0.2) is 70.9 Å². The quantitative estimate of drug-likeness (QED) is 0.547. The Balaban J connectivity index is 2.08. The minimum absolute atomic E-state index is 0.157. The maximum absolute atomic E-state index is 12.7. The molecule has 0 radical (unpaired) electrons. The van der Waals surface area contributed by atoms with E-state index in [0.29, 0.717) is 38.3 Å². The van der Waals surface area contributed by atoms with Crippen molar-refractivity contribution in [1.29, 1.82) is 0 Å². The minimum Gasteiger partial charge on any atom is -0.494 e. The van der Waals surface area contributed by atoms with Gasteiger partial charge in [0.05, 0.1) is 24.0 Å². The number of piperidine rings is 1. The molecule has 1 saturated heterocycles. The van der Waals surface area contributed by atoms with Crippen molar-refractivity contribution in [3.05, 3.63) is 33.9 Å². The molecular weight excluding hydrogens is 370 g/mol. The molecule has 1 heterocycles. The van der Waals surface area contributed by atoms with Crippen molar-refractivity contribution >= 4 is 23.5 Å². The van der Waals surface area contributed by atoms with Crippen molar-refractivity contribution in [2.75, 3.05) is 33.3 Å². The van der Waals surface area contributed by atoms with Crippen molar-refractivity contribution in [3.8, 4) is 5.75 Å². The summed E-state index contributed by atoms with van der Waals surface area (Å²) >= 11 is 0. The second-order valence-electron chi connectivity index (χ2n) is 6.52. The molecule has 0 aliphatic carbocycles. The molecule has 1 aromatic rings. The van der Waals surface area contributed by atoms with Gasteiger partial charge in [0.15, 0.2) is 0 Å². The molecular formula is C18H23N3O7. The molecule has 1 fully saturated rings. The number of carbonyl (C=O) groups is 3. The van der Waals surface area contributed by atoms with Gasteiger partial charge in [-0.3, -0.25) is 24.5 Å². The second kappa shape index (κ2) is 9.16. The number of carboxylic acid groups (broad SMARTS) is 1. The van der Waals surface area contributed by atoms with Crippen LogP contribution in [0.3, 0.4) is 0 Å². The number of nitrogens with zero attached hydrogens (tertiary/aromatic N) is 3. The van der Waals surface area contributed by atoms with Crippen LogP contribution in [0.4, 0.5) is 5.69 Å². The molecule has 10 heteroatoms. The van der Waals surface area contributed by atoms with E-state index < -0.39 is 22.7 Å². The first-order valence-electron chi connectivity index (χ1n) is 8.91. The minimum atomic E-state index is -0.874. The fourth-order valence-electron chi connectivity index (χ4n) is 3.06. The zero-order valence-electron chi connectivity index (χ0n) is 15.8. The number of carbonyl (C=O) groups excluding carboxylic acids is 2. The van der Waals surface area contributed by atoms with Gasteiger partial charge >= 0.3 is 5.97 Å². The van der Waals surface area contributed by atoms with Crippen LogP contribution in [-0.2, 0) is 9.59 Å². The summed E-state index contributed by atoms with van der Waals surface area (Å²) < 4.78 is 5.30. The first-order chi connectivity index (χ1) is 13.2. The number of carboxylic acids is 1. The second-order valence-corrected chi connectivity index (χ2v) is 6.52. The average molecular weight is 393 g/mol. The van der Waals surface area contributed by atoms with E-state index in [1.807, 2.05) is 0 Å². The molecule has 0 unspecified atom stereocenters. The van der Waals surface area contributed by atoms with Crippen molar-refractivity contribution in [1.82, 2.24) is 9.80 Å². The van der Waals surface area contributed by atoms with E-state index in [1.54, 1.807) is 6.92 Å². The molecule has 1 N–H and O–H groups in total. The van der Waals surface area contributed by atoms with Crippen molar-refractivity contribution < 1.29 is 29.2 Å². The number of hydrogen-bond acceptors (Lipinski definition) is 6. The van der Waals surface area contributed by atoms with E-state index in [-0.39, 0.29) is 23.7 Å². The van der Waals surface area contributed by atoms with E-state index >= 15 is 0 Å². The summed E-state index contributed by atoms with van der Waals surface area (Å²) in [5.74, 6) is -2.01. The molecule has 1 aromatic carbocycles. The van der Waals surface area contributed by atoms with Gasteiger partial charge in [-0.15, -0.1) is 0 Å². The van der Waals surface area contributed by atoms with Crippen LogP contribution in [0, 0.1) is 16.0 Å². The van der Waals surface area contributed by atoms with E-state index in [1.165, 1.54) is 30.1 Å². The highest BCUT2D eigenvalue weighted by Gasteiger charge is 2.29. The van der Waals surface area contributed by atoms with Crippen LogP contribution in [0.1, 0.15) is 30.1 Å². The first-order valence-corrected chi connectivity index (χ1v) is 8.91. The lowest BCUT2D eigenvalue weighted by atomic mass is 9.97. The van der Waals surface area contributed by atoms with E-state index in [9.17, 15) is 24.5 Å². The van der Waals surface area contributed by atoms with Crippen molar-refractivity contribution in [3.63, 3.8) is 0 Å². The normalized spacial score (nSPS) is 14.4. The van der Waals surface area contributed by atoms with Gasteiger partial charge in [-0.2, -0.15) is 0 Å². The fraction of sp³-hybridized carbons (Fsp3) is 0.500. The van der Waals surface area contributed by atoms with Gasteiger partial charge in [0.1, 0.15) is 11.3 Å². The molecule has 0 atom stereocenters. The number of hydrogen-bond donors (Lipinski definition) is 1. The fourth-order valence-corrected chi connectivity index (χ4v) is 3.06. The topological polar surface area (TPSA) is 130 Å². The summed E-state index contributed by atoms with van der Waals surface area (Å²) in [7, 11) is 1.39. The SMILES string of the molecule is CCOc1ccc([N+](=O)[O-])c(C(=O)N(C)CC(=O)N2CCC(C(=O)O)CC2)c1. The number of amides is 2. The van der Waals surface area contributed by atoms with E-state index in [2.05, 4.69) is 0 Å². The van der Waals surface area contributed by atoms with Crippen molar-refractivity contribution in [2.45, 2.75) is 19.8 Å². The Hall–Kier alpha value is -3.17. The van der Waals surface area contributed by atoms with Crippen LogP contribution in [0.15, 0.2) is 18.2 Å². The number of nitro benzene ring substituents is 1. The summed E-state index contributed by atoms with van der Waals surface area (Å²) in [5.41, 5.74) is -0.522. The Kier molecular flexibility index (Phi) is 6.91. The highest BCUT2D eigenvalue weighted by molar-refractivity contribution is 6.00. The summed E-state index contributed by atoms with van der Waals surface area (Å²) in [4.78, 5) is 49.3. The molecule has 2 amide bonds. The molecule has 28 heavy (non-hydrogen) atoms. The number of rotatable bonds is 7.